The van der Waals surface area contributed by atoms with Crippen LogP contribution in [0.5, 0.6) is 0 Å². The second-order valence-corrected chi connectivity index (χ2v) is 5.43. The maximum atomic E-state index is 11.9. The number of thiazole rings is 1. The number of urea groups is 1. The van der Waals surface area contributed by atoms with Gasteiger partial charge >= 0.3 is 6.03 Å². The number of aromatic nitrogens is 1. The molecule has 19 heavy (non-hydrogen) atoms. The van der Waals surface area contributed by atoms with E-state index < -0.39 is 0 Å². The van der Waals surface area contributed by atoms with Crippen molar-refractivity contribution in [1.29, 1.82) is 0 Å². The Morgan fingerprint density at radius 3 is 2.79 bits per heavy atom. The average molecular weight is 277 g/mol. The molecular weight excluding hydrogens is 258 g/mol. The van der Waals surface area contributed by atoms with Crippen LogP contribution in [0.3, 0.4) is 0 Å². The van der Waals surface area contributed by atoms with E-state index in [9.17, 15) is 4.79 Å². The van der Waals surface area contributed by atoms with Crippen LogP contribution < -0.4 is 5.32 Å². The van der Waals surface area contributed by atoms with Gasteiger partial charge in [-0.1, -0.05) is 29.6 Å². The molecule has 0 atom stereocenters. The molecule has 2 heterocycles. The van der Waals surface area contributed by atoms with Gasteiger partial charge in [-0.25, -0.2) is 9.78 Å². The molecule has 4 nitrogen and oxygen atoms in total. The average Bonchev–Trinajstić information content (AvgIpc) is 3.06. The number of likely N-dealkylation sites (tertiary alicyclic amines) is 1. The summed E-state index contributed by atoms with van der Waals surface area (Å²) in [6.07, 6.45) is 10.1. The number of nitrogens with zero attached hydrogens (tertiary/aromatic N) is 2. The number of allylic oxidation sites excluding steroid dienone is 4. The van der Waals surface area contributed by atoms with Crippen LogP contribution in [-0.2, 0) is 0 Å². The molecule has 0 unspecified atom stereocenters. The van der Waals surface area contributed by atoms with Crippen LogP contribution >= 0.6 is 11.3 Å². The molecular formula is C14H19N3OS. The van der Waals surface area contributed by atoms with Crippen LogP contribution in [0.1, 0.15) is 31.6 Å². The number of nitrogens with one attached hydrogen (secondary N) is 1. The number of amides is 2. The molecule has 102 valence electrons. The van der Waals surface area contributed by atoms with E-state index in [1.54, 1.807) is 6.20 Å². The van der Waals surface area contributed by atoms with Gasteiger partial charge in [-0.3, -0.25) is 5.32 Å². The minimum absolute atomic E-state index is 0.0357. The van der Waals surface area contributed by atoms with Crippen LogP contribution in [0.2, 0.25) is 0 Å². The second kappa shape index (κ2) is 6.52. The smallest absolute Gasteiger partial charge is 0.323 e. The first kappa shape index (κ1) is 13.8. The van der Waals surface area contributed by atoms with E-state index >= 15 is 0 Å². The molecule has 1 aromatic rings. The molecule has 0 bridgehead atoms. The van der Waals surface area contributed by atoms with Gasteiger partial charge in [-0.2, -0.15) is 0 Å². The van der Waals surface area contributed by atoms with E-state index in [2.05, 4.69) is 10.3 Å². The molecule has 1 N–H and O–H groups in total. The molecule has 1 aliphatic heterocycles. The zero-order valence-electron chi connectivity index (χ0n) is 11.3. The number of hydrogen-bond acceptors (Lipinski definition) is 3. The van der Waals surface area contributed by atoms with E-state index in [4.69, 9.17) is 0 Å². The maximum Gasteiger partial charge on any atom is 0.323 e. The summed E-state index contributed by atoms with van der Waals surface area (Å²) in [4.78, 5) is 19.1. The minimum Gasteiger partial charge on any atom is -0.324 e. The lowest BCUT2D eigenvalue weighted by molar-refractivity contribution is 0.222. The predicted molar refractivity (Wildman–Crippen MR) is 80.4 cm³/mol. The van der Waals surface area contributed by atoms with E-state index in [1.165, 1.54) is 11.3 Å². The zero-order chi connectivity index (χ0) is 13.7. The first-order valence-electron chi connectivity index (χ1n) is 6.55. The normalized spacial score (nSPS) is 16.3. The van der Waals surface area contributed by atoms with Gasteiger partial charge in [0.15, 0.2) is 5.13 Å². The molecule has 0 saturated carbocycles. The number of carbonyl (C=O) groups excluding carboxylic acids is 1. The summed E-state index contributed by atoms with van der Waals surface area (Å²) in [5.74, 6) is 0. The fourth-order valence-corrected chi connectivity index (χ4v) is 2.92. The monoisotopic (exact) mass is 277 g/mol. The molecule has 1 aliphatic rings. The molecule has 1 aromatic heterocycles. The summed E-state index contributed by atoms with van der Waals surface area (Å²) in [6.45, 7) is 5.68. The lowest BCUT2D eigenvalue weighted by Gasteiger charge is -2.14. The largest absolute Gasteiger partial charge is 0.324 e. The van der Waals surface area contributed by atoms with Crippen molar-refractivity contribution < 1.29 is 4.79 Å². The highest BCUT2D eigenvalue weighted by atomic mass is 32.1. The lowest BCUT2D eigenvalue weighted by Crippen LogP contribution is -2.32. The van der Waals surface area contributed by atoms with Crippen molar-refractivity contribution in [3.8, 4) is 0 Å². The van der Waals surface area contributed by atoms with Gasteiger partial charge in [-0.05, 0) is 32.3 Å². The molecule has 0 spiro atoms. The van der Waals surface area contributed by atoms with Gasteiger partial charge < -0.3 is 4.90 Å². The van der Waals surface area contributed by atoms with E-state index in [0.717, 1.165) is 36.4 Å². The van der Waals surface area contributed by atoms with Crippen LogP contribution in [0, 0.1) is 0 Å². The Labute approximate surface area is 117 Å². The molecule has 5 heteroatoms. The van der Waals surface area contributed by atoms with E-state index in [0.29, 0.717) is 5.13 Å². The van der Waals surface area contributed by atoms with Crippen molar-refractivity contribution in [1.82, 2.24) is 9.88 Å². The minimum atomic E-state index is -0.0357. The first-order chi connectivity index (χ1) is 9.24. The van der Waals surface area contributed by atoms with Gasteiger partial charge in [0.25, 0.3) is 0 Å². The van der Waals surface area contributed by atoms with Gasteiger partial charge in [0.1, 0.15) is 0 Å². The number of carbonyl (C=O) groups is 1. The van der Waals surface area contributed by atoms with Crippen molar-refractivity contribution in [2.24, 2.45) is 0 Å². The second-order valence-electron chi connectivity index (χ2n) is 4.40. The maximum absolute atomic E-state index is 11.9. The molecule has 0 aliphatic carbocycles. The fourth-order valence-electron chi connectivity index (χ4n) is 2.06. The third-order valence-electron chi connectivity index (χ3n) is 3.05. The Balaban J connectivity index is 2.02. The summed E-state index contributed by atoms with van der Waals surface area (Å²) in [5.41, 5.74) is 1.13. The number of hydrogen-bond donors (Lipinski definition) is 1. The summed E-state index contributed by atoms with van der Waals surface area (Å²) < 4.78 is 0. The van der Waals surface area contributed by atoms with Gasteiger partial charge in [0.05, 0.1) is 4.88 Å². The van der Waals surface area contributed by atoms with Gasteiger partial charge in [0, 0.05) is 19.3 Å². The van der Waals surface area contributed by atoms with Crippen molar-refractivity contribution in [2.45, 2.75) is 26.7 Å². The Hall–Kier alpha value is -1.62. The highest BCUT2D eigenvalue weighted by molar-refractivity contribution is 7.16. The third kappa shape index (κ3) is 3.44. The zero-order valence-corrected chi connectivity index (χ0v) is 12.2. The van der Waals surface area contributed by atoms with Crippen molar-refractivity contribution in [3.63, 3.8) is 0 Å². The fraction of sp³-hybridized carbons (Fsp3) is 0.429. The van der Waals surface area contributed by atoms with Crippen LogP contribution in [0.15, 0.2) is 24.4 Å². The molecule has 0 radical (unpaired) electrons. The third-order valence-corrected chi connectivity index (χ3v) is 4.02. The Morgan fingerprint density at radius 1 is 1.42 bits per heavy atom. The van der Waals surface area contributed by atoms with Crippen LogP contribution in [-0.4, -0.2) is 29.0 Å². The quantitative estimate of drug-likeness (QED) is 0.855. The Kier molecular flexibility index (Phi) is 4.74. The predicted octanol–water partition coefficient (Wildman–Crippen LogP) is 3.75. The topological polar surface area (TPSA) is 45.2 Å². The highest BCUT2D eigenvalue weighted by Gasteiger charge is 2.18. The summed E-state index contributed by atoms with van der Waals surface area (Å²) in [5, 5.41) is 3.53. The molecule has 0 aromatic carbocycles. The number of anilines is 1. The molecule has 1 saturated heterocycles. The standard InChI is InChI=1S/C14H19N3OS/c1-3-7-11(4-2)12-10-15-13(19-12)16-14(18)17-8-5-6-9-17/h3-4,7,10H,5-6,8-9H2,1-2H3,(H,15,16,18)/b7-3-,11-4+. The molecule has 1 fully saturated rings. The highest BCUT2D eigenvalue weighted by Crippen LogP contribution is 2.26. The Morgan fingerprint density at radius 2 is 2.16 bits per heavy atom. The number of rotatable bonds is 3. The van der Waals surface area contributed by atoms with Crippen molar-refractivity contribution in [2.75, 3.05) is 18.4 Å². The molecule has 2 rings (SSSR count). The Bertz CT molecular complexity index is 499. The SMILES string of the molecule is C/C=C\C(=C/C)c1cnc(NC(=O)N2CCCC2)s1. The molecule has 2 amide bonds. The first-order valence-corrected chi connectivity index (χ1v) is 7.37. The lowest BCUT2D eigenvalue weighted by atomic mass is 10.2. The van der Waals surface area contributed by atoms with Crippen LogP contribution in [0.25, 0.3) is 5.57 Å². The van der Waals surface area contributed by atoms with E-state index in [-0.39, 0.29) is 6.03 Å². The van der Waals surface area contributed by atoms with E-state index in [1.807, 2.05) is 37.0 Å². The summed E-state index contributed by atoms with van der Waals surface area (Å²) in [7, 11) is 0. The van der Waals surface area contributed by atoms with Gasteiger partial charge in [0.2, 0.25) is 0 Å². The van der Waals surface area contributed by atoms with Crippen molar-refractivity contribution >= 4 is 28.1 Å². The summed E-state index contributed by atoms with van der Waals surface area (Å²) >= 11 is 1.50. The van der Waals surface area contributed by atoms with Crippen LogP contribution in [0.4, 0.5) is 9.93 Å². The van der Waals surface area contributed by atoms with Gasteiger partial charge in [-0.15, -0.1) is 0 Å². The summed E-state index contributed by atoms with van der Waals surface area (Å²) in [6, 6.07) is -0.0357. The van der Waals surface area contributed by atoms with Crippen molar-refractivity contribution in [3.05, 3.63) is 29.3 Å².